The monoisotopic (exact) mass is 484 g/mol. The van der Waals surface area contributed by atoms with Gasteiger partial charge in [0.2, 0.25) is 5.91 Å². The molecule has 3 N–H and O–H groups in total. The van der Waals surface area contributed by atoms with Crippen LogP contribution in [0.3, 0.4) is 0 Å². The van der Waals surface area contributed by atoms with Gasteiger partial charge in [-0.15, -0.1) is 0 Å². The Hall–Kier alpha value is -3.31. The highest BCUT2D eigenvalue weighted by Crippen LogP contribution is 2.27. The highest BCUT2D eigenvalue weighted by molar-refractivity contribution is 6.31. The Balaban J connectivity index is 0.000000192. The number of amides is 1. The van der Waals surface area contributed by atoms with Crippen molar-refractivity contribution < 1.29 is 19.4 Å². The molecule has 1 saturated carbocycles. The number of benzene rings is 1. The maximum Gasteiger partial charge on any atom is 0.306 e. The van der Waals surface area contributed by atoms with Crippen molar-refractivity contribution in [2.75, 3.05) is 18.0 Å². The molecular weight excluding hydrogens is 456 g/mol. The van der Waals surface area contributed by atoms with E-state index in [1.54, 1.807) is 24.3 Å². The number of rotatable bonds is 5. The fourth-order valence-corrected chi connectivity index (χ4v) is 4.32. The second kappa shape index (κ2) is 12.2. The molecule has 1 aromatic heterocycles. The standard InChI is InChI=1S/C13H14ClNO.C12H15N3O3/c14-13-8-12(7-6-10(13)9-15)16-11-4-2-1-3-5-11;13-11(16)9-1-2-10(14-7-9)15-5-3-8(4-6-15)12(17)18/h6-8,11H,1-5H2;1-2,7-8H,3-6H2,(H2,13,16)(H,17,18). The zero-order valence-electron chi connectivity index (χ0n) is 19.0. The predicted molar refractivity (Wildman–Crippen MR) is 129 cm³/mol. The number of nitrogens with zero attached hydrogens (tertiary/aromatic N) is 3. The molecule has 2 aromatic rings. The molecule has 1 aliphatic carbocycles. The lowest BCUT2D eigenvalue weighted by molar-refractivity contribution is -0.142. The Morgan fingerprint density at radius 2 is 1.82 bits per heavy atom. The van der Waals surface area contributed by atoms with Crippen molar-refractivity contribution in [3.05, 3.63) is 52.7 Å². The van der Waals surface area contributed by atoms with Crippen molar-refractivity contribution in [3.8, 4) is 11.8 Å². The highest BCUT2D eigenvalue weighted by atomic mass is 35.5. The lowest BCUT2D eigenvalue weighted by Gasteiger charge is -2.30. The SMILES string of the molecule is N#Cc1ccc(OC2CCCCC2)cc1Cl.NC(=O)c1ccc(N2CCC(C(=O)O)CC2)nc1. The van der Waals surface area contributed by atoms with Gasteiger partial charge in [-0.3, -0.25) is 9.59 Å². The topological polar surface area (TPSA) is 130 Å². The van der Waals surface area contributed by atoms with Gasteiger partial charge in [-0.1, -0.05) is 18.0 Å². The van der Waals surface area contributed by atoms with Gasteiger partial charge >= 0.3 is 5.97 Å². The number of hydrogen-bond acceptors (Lipinski definition) is 6. The fraction of sp³-hybridized carbons (Fsp3) is 0.440. The van der Waals surface area contributed by atoms with E-state index in [2.05, 4.69) is 4.98 Å². The minimum absolute atomic E-state index is 0.258. The van der Waals surface area contributed by atoms with Crippen LogP contribution in [0, 0.1) is 17.2 Å². The van der Waals surface area contributed by atoms with E-state index in [9.17, 15) is 9.59 Å². The van der Waals surface area contributed by atoms with Crippen LogP contribution in [0.15, 0.2) is 36.5 Å². The molecule has 1 amide bonds. The first-order valence-electron chi connectivity index (χ1n) is 11.5. The number of halogens is 1. The Morgan fingerprint density at radius 1 is 1.12 bits per heavy atom. The van der Waals surface area contributed by atoms with Crippen LogP contribution >= 0.6 is 11.6 Å². The van der Waals surface area contributed by atoms with E-state index in [1.165, 1.54) is 25.5 Å². The molecule has 2 heterocycles. The van der Waals surface area contributed by atoms with Crippen LogP contribution in [0.4, 0.5) is 5.82 Å². The molecule has 1 aromatic carbocycles. The highest BCUT2D eigenvalue weighted by Gasteiger charge is 2.25. The molecule has 2 fully saturated rings. The average Bonchev–Trinajstić information content (AvgIpc) is 2.85. The van der Waals surface area contributed by atoms with Gasteiger partial charge in [0, 0.05) is 25.4 Å². The third-order valence-corrected chi connectivity index (χ3v) is 6.43. The van der Waals surface area contributed by atoms with Crippen LogP contribution in [-0.2, 0) is 4.79 Å². The normalized spacial score (nSPS) is 16.6. The molecule has 180 valence electrons. The number of nitrogens with two attached hydrogens (primary N) is 1. The first kappa shape index (κ1) is 25.3. The first-order chi connectivity index (χ1) is 16.4. The molecular formula is C25H29ClN4O4. The molecule has 34 heavy (non-hydrogen) atoms. The van der Waals surface area contributed by atoms with Crippen molar-refractivity contribution in [3.63, 3.8) is 0 Å². The first-order valence-corrected chi connectivity index (χ1v) is 11.8. The Labute approximate surface area is 204 Å². The van der Waals surface area contributed by atoms with E-state index in [0.717, 1.165) is 24.4 Å². The van der Waals surface area contributed by atoms with Gasteiger partial charge in [0.1, 0.15) is 17.6 Å². The number of aromatic nitrogens is 1. The van der Waals surface area contributed by atoms with Crippen LogP contribution < -0.4 is 15.4 Å². The van der Waals surface area contributed by atoms with E-state index < -0.39 is 11.9 Å². The average molecular weight is 485 g/mol. The van der Waals surface area contributed by atoms with Crippen molar-refractivity contribution in [2.24, 2.45) is 11.7 Å². The Kier molecular flexibility index (Phi) is 9.11. The van der Waals surface area contributed by atoms with Gasteiger partial charge in [0.25, 0.3) is 0 Å². The zero-order valence-corrected chi connectivity index (χ0v) is 19.7. The van der Waals surface area contributed by atoms with Gasteiger partial charge in [-0.25, -0.2) is 4.98 Å². The van der Waals surface area contributed by atoms with Crippen LogP contribution in [0.2, 0.25) is 5.02 Å². The van der Waals surface area contributed by atoms with Gasteiger partial charge in [0.05, 0.1) is 28.2 Å². The van der Waals surface area contributed by atoms with Crippen LogP contribution in [0.5, 0.6) is 5.75 Å². The fourth-order valence-electron chi connectivity index (χ4n) is 4.11. The number of pyridine rings is 1. The largest absolute Gasteiger partial charge is 0.490 e. The summed E-state index contributed by atoms with van der Waals surface area (Å²) in [4.78, 5) is 27.9. The van der Waals surface area contributed by atoms with Crippen molar-refractivity contribution >= 4 is 29.3 Å². The quantitative estimate of drug-likeness (QED) is 0.642. The number of piperidine rings is 1. The Morgan fingerprint density at radius 3 is 2.35 bits per heavy atom. The minimum atomic E-state index is -0.730. The van der Waals surface area contributed by atoms with Crippen LogP contribution in [0.25, 0.3) is 0 Å². The summed E-state index contributed by atoms with van der Waals surface area (Å²) < 4.78 is 5.84. The molecule has 0 unspecified atom stereocenters. The number of ether oxygens (including phenoxy) is 1. The number of carbonyl (C=O) groups is 2. The predicted octanol–water partition coefficient (Wildman–Crippen LogP) is 4.40. The molecule has 4 rings (SSSR count). The van der Waals surface area contributed by atoms with Gasteiger partial charge in [-0.05, 0) is 62.8 Å². The molecule has 0 bridgehead atoms. The molecule has 8 nitrogen and oxygen atoms in total. The number of aliphatic carboxylic acids is 1. The number of primary amides is 1. The smallest absolute Gasteiger partial charge is 0.306 e. The van der Waals surface area contributed by atoms with E-state index >= 15 is 0 Å². The van der Waals surface area contributed by atoms with E-state index in [1.807, 2.05) is 17.0 Å². The summed E-state index contributed by atoms with van der Waals surface area (Å²) in [6.45, 7) is 1.33. The molecule has 2 aliphatic rings. The number of carboxylic acid groups (broad SMARTS) is 1. The molecule has 1 aliphatic heterocycles. The summed E-state index contributed by atoms with van der Waals surface area (Å²) in [7, 11) is 0. The molecule has 9 heteroatoms. The summed E-state index contributed by atoms with van der Waals surface area (Å²) in [5.41, 5.74) is 6.01. The summed E-state index contributed by atoms with van der Waals surface area (Å²) in [5, 5.41) is 18.1. The van der Waals surface area contributed by atoms with Gasteiger partial charge in [0.15, 0.2) is 0 Å². The van der Waals surface area contributed by atoms with Crippen LogP contribution in [-0.4, -0.2) is 41.2 Å². The number of hydrogen-bond donors (Lipinski definition) is 2. The Bertz CT molecular complexity index is 1020. The van der Waals surface area contributed by atoms with Crippen molar-refractivity contribution in [1.29, 1.82) is 5.26 Å². The maximum absolute atomic E-state index is 10.9. The zero-order chi connectivity index (χ0) is 24.5. The second-order valence-electron chi connectivity index (χ2n) is 8.50. The van der Waals surface area contributed by atoms with Crippen LogP contribution in [0.1, 0.15) is 60.9 Å². The van der Waals surface area contributed by atoms with Crippen molar-refractivity contribution in [2.45, 2.75) is 51.0 Å². The summed E-state index contributed by atoms with van der Waals surface area (Å²) in [5.74, 6) is 0.0382. The second-order valence-corrected chi connectivity index (χ2v) is 8.91. The number of carboxylic acids is 1. The lowest BCUT2D eigenvalue weighted by atomic mass is 9.97. The number of nitriles is 1. The third kappa shape index (κ3) is 7.09. The van der Waals surface area contributed by atoms with Gasteiger partial charge < -0.3 is 20.5 Å². The lowest BCUT2D eigenvalue weighted by Crippen LogP contribution is -2.36. The van der Waals surface area contributed by atoms with E-state index in [-0.39, 0.29) is 5.92 Å². The molecule has 1 saturated heterocycles. The van der Waals surface area contributed by atoms with Crippen molar-refractivity contribution in [1.82, 2.24) is 4.98 Å². The summed E-state index contributed by atoms with van der Waals surface area (Å²) >= 11 is 5.94. The number of carbonyl (C=O) groups excluding carboxylic acids is 1. The molecule has 0 spiro atoms. The number of anilines is 1. The molecule has 0 radical (unpaired) electrons. The third-order valence-electron chi connectivity index (χ3n) is 6.12. The maximum atomic E-state index is 10.9. The van der Waals surface area contributed by atoms with Gasteiger partial charge in [-0.2, -0.15) is 5.26 Å². The summed E-state index contributed by atoms with van der Waals surface area (Å²) in [6.07, 6.45) is 9.05. The molecule has 0 atom stereocenters. The van der Waals surface area contributed by atoms with E-state index in [0.29, 0.717) is 48.2 Å². The summed E-state index contributed by atoms with van der Waals surface area (Å²) in [6, 6.07) is 10.7. The minimum Gasteiger partial charge on any atom is -0.490 e. The van der Waals surface area contributed by atoms with E-state index in [4.69, 9.17) is 32.4 Å².